The van der Waals surface area contributed by atoms with E-state index in [1.54, 1.807) is 0 Å². The second-order valence-corrected chi connectivity index (χ2v) is 3.53. The molecule has 12 heavy (non-hydrogen) atoms. The lowest BCUT2D eigenvalue weighted by molar-refractivity contribution is 0.333. The van der Waals surface area contributed by atoms with Crippen LogP contribution in [0.4, 0.5) is 0 Å². The van der Waals surface area contributed by atoms with Crippen molar-refractivity contribution in [2.24, 2.45) is 0 Å². The third-order valence-electron chi connectivity index (χ3n) is 1.58. The zero-order valence-corrected chi connectivity index (χ0v) is 7.17. The minimum absolute atomic E-state index is 0.505. The molecule has 7 heteroatoms. The van der Waals surface area contributed by atoms with Crippen molar-refractivity contribution in [1.82, 2.24) is 4.90 Å². The molecule has 0 spiro atoms. The van der Waals surface area contributed by atoms with Crippen molar-refractivity contribution in [3.8, 4) is 0 Å². The molecule has 0 aromatic rings. The van der Waals surface area contributed by atoms with Crippen LogP contribution in [0.3, 0.4) is 0 Å². The summed E-state index contributed by atoms with van der Waals surface area (Å²) in [6.45, 7) is 1.21. The van der Waals surface area contributed by atoms with E-state index in [1.165, 1.54) is 4.90 Å². The number of nitrogens with one attached hydrogen (secondary N) is 1. The van der Waals surface area contributed by atoms with Gasteiger partial charge in [0.15, 0.2) is 0 Å². The molecule has 1 heterocycles. The molecular formula is C5H10N2O4S. The summed E-state index contributed by atoms with van der Waals surface area (Å²) in [4.78, 5) is 1.45. The standard InChI is InChI=1S/C5H10N2O4S/c6-5(11-12(8,9)10)7-3-1-2-4-7/h6H,1-4H2,(H,8,9,10). The largest absolute Gasteiger partial charge is 0.449 e. The van der Waals surface area contributed by atoms with Crippen LogP contribution in [0.25, 0.3) is 0 Å². The van der Waals surface area contributed by atoms with Crippen LogP contribution in [0.5, 0.6) is 0 Å². The van der Waals surface area contributed by atoms with E-state index in [0.29, 0.717) is 13.1 Å². The molecule has 0 bridgehead atoms. The Kier molecular flexibility index (Phi) is 2.53. The molecule has 1 fully saturated rings. The molecule has 0 saturated carbocycles. The molecule has 0 radical (unpaired) electrons. The lowest BCUT2D eigenvalue weighted by atomic mass is 10.4. The lowest BCUT2D eigenvalue weighted by Gasteiger charge is -2.15. The summed E-state index contributed by atoms with van der Waals surface area (Å²) in [6.07, 6.45) is 1.83. The van der Waals surface area contributed by atoms with Crippen LogP contribution in [0.1, 0.15) is 12.8 Å². The molecule has 6 nitrogen and oxygen atoms in total. The fourth-order valence-corrected chi connectivity index (χ4v) is 1.38. The van der Waals surface area contributed by atoms with Gasteiger partial charge in [-0.1, -0.05) is 0 Å². The van der Waals surface area contributed by atoms with Crippen LogP contribution < -0.4 is 0 Å². The summed E-state index contributed by atoms with van der Waals surface area (Å²) >= 11 is 0. The minimum atomic E-state index is -4.53. The molecule has 0 amide bonds. The molecule has 0 unspecified atom stereocenters. The van der Waals surface area contributed by atoms with Gasteiger partial charge < -0.3 is 9.08 Å². The Morgan fingerprint density at radius 1 is 1.42 bits per heavy atom. The Morgan fingerprint density at radius 3 is 2.33 bits per heavy atom. The zero-order chi connectivity index (χ0) is 9.19. The normalized spacial score (nSPS) is 17.9. The number of hydrogen-bond donors (Lipinski definition) is 2. The molecule has 0 atom stereocenters. The lowest BCUT2D eigenvalue weighted by Crippen LogP contribution is -2.30. The summed E-state index contributed by atoms with van der Waals surface area (Å²) in [5, 5.41) is 7.11. The molecule has 1 aliphatic rings. The quantitative estimate of drug-likeness (QED) is 0.344. The summed E-state index contributed by atoms with van der Waals surface area (Å²) in [7, 11) is -4.53. The van der Waals surface area contributed by atoms with E-state index in [9.17, 15) is 8.42 Å². The predicted molar refractivity (Wildman–Crippen MR) is 41.2 cm³/mol. The molecule has 70 valence electrons. The molecular weight excluding hydrogens is 184 g/mol. The Hall–Kier alpha value is -0.820. The molecule has 1 saturated heterocycles. The van der Waals surface area contributed by atoms with Gasteiger partial charge in [-0.25, -0.2) is 0 Å². The second-order valence-electron chi connectivity index (χ2n) is 2.51. The van der Waals surface area contributed by atoms with Gasteiger partial charge in [0.05, 0.1) is 0 Å². The van der Waals surface area contributed by atoms with Gasteiger partial charge in [0, 0.05) is 13.1 Å². The van der Waals surface area contributed by atoms with Crippen molar-refractivity contribution in [1.29, 1.82) is 5.41 Å². The van der Waals surface area contributed by atoms with Gasteiger partial charge in [0.1, 0.15) is 0 Å². The molecule has 0 aliphatic carbocycles. The van der Waals surface area contributed by atoms with E-state index in [4.69, 9.17) is 9.96 Å². The highest BCUT2D eigenvalue weighted by Gasteiger charge is 2.20. The topological polar surface area (TPSA) is 90.7 Å². The SMILES string of the molecule is N=C(OS(=O)(=O)O)N1CCCC1. The average molecular weight is 194 g/mol. The first-order chi connectivity index (χ1) is 5.49. The maximum absolute atomic E-state index is 10.2. The van der Waals surface area contributed by atoms with E-state index < -0.39 is 16.4 Å². The van der Waals surface area contributed by atoms with E-state index in [1.807, 2.05) is 0 Å². The second kappa shape index (κ2) is 3.28. The number of hydrogen-bond acceptors (Lipinski definition) is 4. The van der Waals surface area contributed by atoms with E-state index in [-0.39, 0.29) is 0 Å². The Balaban J connectivity index is 2.48. The highest BCUT2D eigenvalue weighted by atomic mass is 32.3. The summed E-state index contributed by atoms with van der Waals surface area (Å²) in [5.41, 5.74) is 0. The monoisotopic (exact) mass is 194 g/mol. The zero-order valence-electron chi connectivity index (χ0n) is 6.36. The van der Waals surface area contributed by atoms with Gasteiger partial charge in [-0.15, -0.1) is 0 Å². The Bertz CT molecular complexity index is 267. The van der Waals surface area contributed by atoms with Crippen LogP contribution >= 0.6 is 0 Å². The molecule has 1 rings (SSSR count). The van der Waals surface area contributed by atoms with Crippen molar-refractivity contribution in [3.63, 3.8) is 0 Å². The first-order valence-electron chi connectivity index (χ1n) is 3.49. The molecule has 0 aromatic heterocycles. The Labute approximate surface area is 70.6 Å². The summed E-state index contributed by atoms with van der Waals surface area (Å²) in [5.74, 6) is 0. The van der Waals surface area contributed by atoms with Crippen LogP contribution in [-0.2, 0) is 14.6 Å². The van der Waals surface area contributed by atoms with Gasteiger partial charge >= 0.3 is 16.4 Å². The van der Waals surface area contributed by atoms with Crippen LogP contribution in [0.15, 0.2) is 0 Å². The van der Waals surface area contributed by atoms with Gasteiger partial charge in [0.2, 0.25) is 0 Å². The fraction of sp³-hybridized carbons (Fsp3) is 0.800. The third kappa shape index (κ3) is 2.67. The highest BCUT2D eigenvalue weighted by molar-refractivity contribution is 7.81. The smallest absolute Gasteiger partial charge is 0.326 e. The maximum atomic E-state index is 10.2. The van der Waals surface area contributed by atoms with Gasteiger partial charge in [-0.05, 0) is 12.8 Å². The third-order valence-corrected chi connectivity index (χ3v) is 1.95. The van der Waals surface area contributed by atoms with Crippen molar-refractivity contribution in [2.75, 3.05) is 13.1 Å². The number of amidine groups is 1. The van der Waals surface area contributed by atoms with Gasteiger partial charge in [-0.3, -0.25) is 9.96 Å². The first-order valence-corrected chi connectivity index (χ1v) is 4.86. The summed E-state index contributed by atoms with van der Waals surface area (Å²) in [6, 6.07) is -0.505. The summed E-state index contributed by atoms with van der Waals surface area (Å²) < 4.78 is 32.5. The Morgan fingerprint density at radius 2 is 1.92 bits per heavy atom. The average Bonchev–Trinajstić information content (AvgIpc) is 2.32. The minimum Gasteiger partial charge on any atom is -0.326 e. The van der Waals surface area contributed by atoms with Crippen molar-refractivity contribution < 1.29 is 17.2 Å². The molecule has 0 aromatic carbocycles. The van der Waals surface area contributed by atoms with Gasteiger partial charge in [0.25, 0.3) is 0 Å². The number of nitrogens with zero attached hydrogens (tertiary/aromatic N) is 1. The van der Waals surface area contributed by atoms with Crippen LogP contribution in [-0.4, -0.2) is 37.0 Å². The van der Waals surface area contributed by atoms with E-state index >= 15 is 0 Å². The van der Waals surface area contributed by atoms with Crippen molar-refractivity contribution >= 4 is 16.4 Å². The molecule has 1 aliphatic heterocycles. The van der Waals surface area contributed by atoms with Crippen LogP contribution in [0.2, 0.25) is 0 Å². The van der Waals surface area contributed by atoms with Gasteiger partial charge in [-0.2, -0.15) is 8.42 Å². The van der Waals surface area contributed by atoms with Crippen molar-refractivity contribution in [3.05, 3.63) is 0 Å². The first kappa shape index (κ1) is 9.27. The van der Waals surface area contributed by atoms with Crippen LogP contribution in [0, 0.1) is 5.41 Å². The maximum Gasteiger partial charge on any atom is 0.449 e. The van der Waals surface area contributed by atoms with E-state index in [0.717, 1.165) is 12.8 Å². The number of likely N-dealkylation sites (tertiary alicyclic amines) is 1. The fourth-order valence-electron chi connectivity index (χ4n) is 1.07. The highest BCUT2D eigenvalue weighted by Crippen LogP contribution is 2.08. The van der Waals surface area contributed by atoms with Crippen molar-refractivity contribution in [2.45, 2.75) is 12.8 Å². The van der Waals surface area contributed by atoms with E-state index in [2.05, 4.69) is 4.18 Å². The molecule has 2 N–H and O–H groups in total. The predicted octanol–water partition coefficient (Wildman–Crippen LogP) is -0.164. The number of rotatable bonds is 1.